The van der Waals surface area contributed by atoms with Crippen LogP contribution in [0.15, 0.2) is 53.9 Å². The van der Waals surface area contributed by atoms with Gasteiger partial charge in [0.2, 0.25) is 0 Å². The third-order valence-electron chi connectivity index (χ3n) is 3.64. The van der Waals surface area contributed by atoms with Gasteiger partial charge >= 0.3 is 0 Å². The van der Waals surface area contributed by atoms with Crippen LogP contribution in [0.1, 0.15) is 26.5 Å². The number of nitrogens with zero attached hydrogens (tertiary/aromatic N) is 1. The number of hydrogen-bond acceptors (Lipinski definition) is 3. The van der Waals surface area contributed by atoms with Gasteiger partial charge in [0.05, 0.1) is 10.7 Å². The van der Waals surface area contributed by atoms with Gasteiger partial charge in [-0.05, 0) is 31.5 Å². The number of hydrogen-bond donors (Lipinski definition) is 1. The summed E-state index contributed by atoms with van der Waals surface area (Å²) in [7, 11) is 0. The van der Waals surface area contributed by atoms with Crippen molar-refractivity contribution in [1.29, 1.82) is 0 Å². The second-order valence-electron chi connectivity index (χ2n) is 5.50. The van der Waals surface area contributed by atoms with Gasteiger partial charge < -0.3 is 5.32 Å². The second kappa shape index (κ2) is 6.75. The molecule has 1 heterocycles. The van der Waals surface area contributed by atoms with Crippen LogP contribution in [0.4, 0.5) is 0 Å². The van der Waals surface area contributed by atoms with Crippen LogP contribution in [0, 0.1) is 13.8 Å². The fourth-order valence-electron chi connectivity index (χ4n) is 2.28. The van der Waals surface area contributed by atoms with Gasteiger partial charge in [-0.15, -0.1) is 11.3 Å². The van der Waals surface area contributed by atoms with Gasteiger partial charge in [0, 0.05) is 23.1 Å². The van der Waals surface area contributed by atoms with Crippen LogP contribution in [0.5, 0.6) is 0 Å². The van der Waals surface area contributed by atoms with Gasteiger partial charge in [-0.25, -0.2) is 4.98 Å². The Kier molecular flexibility index (Phi) is 4.53. The predicted octanol–water partition coefficient (Wildman–Crippen LogP) is 4.36. The molecular formula is C19H18N2OS. The first-order chi connectivity index (χ1) is 11.1. The molecule has 0 aliphatic heterocycles. The van der Waals surface area contributed by atoms with E-state index in [0.717, 1.165) is 27.4 Å². The summed E-state index contributed by atoms with van der Waals surface area (Å²) < 4.78 is 0. The number of amides is 1. The zero-order valence-corrected chi connectivity index (χ0v) is 14.0. The average molecular weight is 322 g/mol. The van der Waals surface area contributed by atoms with Crippen molar-refractivity contribution in [2.45, 2.75) is 20.4 Å². The Labute approximate surface area is 140 Å². The summed E-state index contributed by atoms with van der Waals surface area (Å²) in [6.07, 6.45) is 0. The van der Waals surface area contributed by atoms with Crippen LogP contribution in [-0.2, 0) is 6.54 Å². The molecule has 0 saturated heterocycles. The quantitative estimate of drug-likeness (QED) is 0.775. The summed E-state index contributed by atoms with van der Waals surface area (Å²) >= 11 is 1.65. The third-order valence-corrected chi connectivity index (χ3v) is 4.41. The highest BCUT2D eigenvalue weighted by atomic mass is 32.1. The minimum Gasteiger partial charge on any atom is -0.348 e. The molecular weight excluding hydrogens is 304 g/mol. The SMILES string of the molecule is Cc1ccc(C(=O)NCc2ccc(-c3csc(C)n3)cc2)cc1. The van der Waals surface area contributed by atoms with Gasteiger partial charge in [-0.2, -0.15) is 0 Å². The van der Waals surface area contributed by atoms with Gasteiger partial charge in [0.1, 0.15) is 0 Å². The van der Waals surface area contributed by atoms with Crippen molar-refractivity contribution in [3.63, 3.8) is 0 Å². The molecule has 2 aromatic carbocycles. The van der Waals surface area contributed by atoms with E-state index >= 15 is 0 Å². The molecule has 116 valence electrons. The van der Waals surface area contributed by atoms with E-state index < -0.39 is 0 Å². The first kappa shape index (κ1) is 15.4. The lowest BCUT2D eigenvalue weighted by atomic mass is 10.1. The zero-order valence-electron chi connectivity index (χ0n) is 13.2. The van der Waals surface area contributed by atoms with Gasteiger partial charge in [-0.1, -0.05) is 42.0 Å². The Morgan fingerprint density at radius 3 is 2.35 bits per heavy atom. The molecule has 23 heavy (non-hydrogen) atoms. The van der Waals surface area contributed by atoms with Gasteiger partial charge in [-0.3, -0.25) is 4.79 Å². The lowest BCUT2D eigenvalue weighted by Crippen LogP contribution is -2.22. The highest BCUT2D eigenvalue weighted by Gasteiger charge is 2.05. The summed E-state index contributed by atoms with van der Waals surface area (Å²) in [6.45, 7) is 4.53. The summed E-state index contributed by atoms with van der Waals surface area (Å²) in [4.78, 5) is 16.6. The Balaban J connectivity index is 1.62. The maximum atomic E-state index is 12.1. The molecule has 0 saturated carbocycles. The Bertz CT molecular complexity index is 804. The second-order valence-corrected chi connectivity index (χ2v) is 6.56. The van der Waals surface area contributed by atoms with Crippen molar-refractivity contribution in [2.75, 3.05) is 0 Å². The highest BCUT2D eigenvalue weighted by molar-refractivity contribution is 7.09. The van der Waals surface area contributed by atoms with Crippen molar-refractivity contribution < 1.29 is 4.79 Å². The number of thiazole rings is 1. The van der Waals surface area contributed by atoms with E-state index in [9.17, 15) is 4.79 Å². The third kappa shape index (κ3) is 3.85. The summed E-state index contributed by atoms with van der Waals surface area (Å²) in [5, 5.41) is 6.07. The molecule has 0 aliphatic rings. The monoisotopic (exact) mass is 322 g/mol. The molecule has 4 heteroatoms. The van der Waals surface area contributed by atoms with Crippen molar-refractivity contribution in [2.24, 2.45) is 0 Å². The largest absolute Gasteiger partial charge is 0.348 e. The van der Waals surface area contributed by atoms with E-state index in [1.165, 1.54) is 0 Å². The molecule has 0 atom stereocenters. The summed E-state index contributed by atoms with van der Waals surface area (Å²) in [5.74, 6) is -0.0517. The molecule has 1 aromatic heterocycles. The van der Waals surface area contributed by atoms with E-state index in [1.807, 2.05) is 62.4 Å². The smallest absolute Gasteiger partial charge is 0.251 e. The number of aryl methyl sites for hydroxylation is 2. The number of carbonyl (C=O) groups is 1. The standard InChI is InChI=1S/C19H18N2OS/c1-13-3-7-17(8-4-13)19(22)20-11-15-5-9-16(10-6-15)18-12-23-14(2)21-18/h3-10,12H,11H2,1-2H3,(H,20,22). The highest BCUT2D eigenvalue weighted by Crippen LogP contribution is 2.21. The Morgan fingerprint density at radius 1 is 1.04 bits per heavy atom. The fourth-order valence-corrected chi connectivity index (χ4v) is 2.90. The van der Waals surface area contributed by atoms with Crippen LogP contribution < -0.4 is 5.32 Å². The minimum absolute atomic E-state index is 0.0517. The molecule has 0 aliphatic carbocycles. The molecule has 1 N–H and O–H groups in total. The first-order valence-corrected chi connectivity index (χ1v) is 8.36. The number of carbonyl (C=O) groups excluding carboxylic acids is 1. The van der Waals surface area contributed by atoms with E-state index in [4.69, 9.17) is 0 Å². The zero-order chi connectivity index (χ0) is 16.2. The van der Waals surface area contributed by atoms with Crippen LogP contribution in [0.25, 0.3) is 11.3 Å². The molecule has 0 spiro atoms. The maximum Gasteiger partial charge on any atom is 0.251 e. The van der Waals surface area contributed by atoms with Crippen LogP contribution >= 0.6 is 11.3 Å². The molecule has 0 radical (unpaired) electrons. The molecule has 3 aromatic rings. The van der Waals surface area contributed by atoms with Crippen molar-refractivity contribution in [3.8, 4) is 11.3 Å². The Hall–Kier alpha value is -2.46. The molecule has 1 amide bonds. The molecule has 0 unspecified atom stereocenters. The Morgan fingerprint density at radius 2 is 1.74 bits per heavy atom. The maximum absolute atomic E-state index is 12.1. The lowest BCUT2D eigenvalue weighted by Gasteiger charge is -2.06. The van der Waals surface area contributed by atoms with Crippen molar-refractivity contribution in [1.82, 2.24) is 10.3 Å². The lowest BCUT2D eigenvalue weighted by molar-refractivity contribution is 0.0951. The van der Waals surface area contributed by atoms with Gasteiger partial charge in [0.25, 0.3) is 5.91 Å². The normalized spacial score (nSPS) is 10.5. The topological polar surface area (TPSA) is 42.0 Å². The van der Waals surface area contributed by atoms with Crippen LogP contribution in [0.3, 0.4) is 0 Å². The number of benzene rings is 2. The van der Waals surface area contributed by atoms with Crippen molar-refractivity contribution >= 4 is 17.2 Å². The average Bonchev–Trinajstić information content (AvgIpc) is 3.00. The number of nitrogens with one attached hydrogen (secondary N) is 1. The number of rotatable bonds is 4. The van der Waals surface area contributed by atoms with Gasteiger partial charge in [0.15, 0.2) is 0 Å². The van der Waals surface area contributed by atoms with Crippen LogP contribution in [0.2, 0.25) is 0 Å². The molecule has 0 bridgehead atoms. The van der Waals surface area contributed by atoms with E-state index in [2.05, 4.69) is 15.7 Å². The first-order valence-electron chi connectivity index (χ1n) is 7.48. The minimum atomic E-state index is -0.0517. The number of aromatic nitrogens is 1. The fraction of sp³-hybridized carbons (Fsp3) is 0.158. The summed E-state index contributed by atoms with van der Waals surface area (Å²) in [5.41, 5.74) is 5.01. The molecule has 0 fully saturated rings. The van der Waals surface area contributed by atoms with Crippen molar-refractivity contribution in [3.05, 3.63) is 75.6 Å². The molecule has 3 nitrogen and oxygen atoms in total. The summed E-state index contributed by atoms with van der Waals surface area (Å²) in [6, 6.07) is 15.7. The van der Waals surface area contributed by atoms with E-state index in [0.29, 0.717) is 12.1 Å². The van der Waals surface area contributed by atoms with E-state index in [-0.39, 0.29) is 5.91 Å². The van der Waals surface area contributed by atoms with Crippen LogP contribution in [-0.4, -0.2) is 10.9 Å². The molecule has 3 rings (SSSR count). The van der Waals surface area contributed by atoms with E-state index in [1.54, 1.807) is 11.3 Å². The predicted molar refractivity (Wildman–Crippen MR) is 94.6 cm³/mol.